The highest BCUT2D eigenvalue weighted by atomic mass is 16.5. The molecule has 1 aliphatic heterocycles. The van der Waals surface area contributed by atoms with E-state index in [0.717, 1.165) is 25.6 Å². The van der Waals surface area contributed by atoms with E-state index in [0.29, 0.717) is 6.54 Å². The van der Waals surface area contributed by atoms with E-state index < -0.39 is 0 Å². The number of benzene rings is 1. The van der Waals surface area contributed by atoms with Gasteiger partial charge in [0.1, 0.15) is 5.75 Å². The van der Waals surface area contributed by atoms with Crippen LogP contribution >= 0.6 is 0 Å². The fourth-order valence-electron chi connectivity index (χ4n) is 3.00. The van der Waals surface area contributed by atoms with E-state index in [1.165, 1.54) is 24.8 Å². The van der Waals surface area contributed by atoms with Gasteiger partial charge in [0.05, 0.1) is 19.8 Å². The number of ether oxygens (including phenoxy) is 2. The minimum atomic E-state index is 0.160. The molecule has 0 radical (unpaired) electrons. The Morgan fingerprint density at radius 3 is 2.53 bits per heavy atom. The summed E-state index contributed by atoms with van der Waals surface area (Å²) in [5.41, 5.74) is 7.66. The van der Waals surface area contributed by atoms with E-state index in [1.807, 2.05) is 6.07 Å². The Hall–Kier alpha value is -1.06. The Labute approximate surface area is 115 Å². The molecular weight excluding hydrogens is 238 g/mol. The van der Waals surface area contributed by atoms with Crippen molar-refractivity contribution >= 4 is 0 Å². The largest absolute Gasteiger partial charge is 0.493 e. The monoisotopic (exact) mass is 261 g/mol. The second kappa shape index (κ2) is 4.80. The van der Waals surface area contributed by atoms with Gasteiger partial charge < -0.3 is 15.2 Å². The molecule has 0 atom stereocenters. The summed E-state index contributed by atoms with van der Waals surface area (Å²) in [5, 5.41) is 0. The van der Waals surface area contributed by atoms with Gasteiger partial charge in [-0.2, -0.15) is 0 Å². The number of hydrogen-bond donors (Lipinski definition) is 1. The smallest absolute Gasteiger partial charge is 0.123 e. The van der Waals surface area contributed by atoms with E-state index >= 15 is 0 Å². The second-order valence-corrected chi connectivity index (χ2v) is 6.43. The van der Waals surface area contributed by atoms with Gasteiger partial charge in [-0.1, -0.05) is 31.5 Å². The Morgan fingerprint density at radius 1 is 1.26 bits per heavy atom. The number of para-hydroxylation sites is 1. The summed E-state index contributed by atoms with van der Waals surface area (Å²) in [6, 6.07) is 8.39. The van der Waals surface area contributed by atoms with Crippen molar-refractivity contribution in [1.82, 2.24) is 0 Å². The van der Waals surface area contributed by atoms with E-state index in [1.54, 1.807) is 0 Å². The summed E-state index contributed by atoms with van der Waals surface area (Å²) in [5.74, 6) is 1.01. The molecule has 2 N–H and O–H groups in total. The zero-order chi connectivity index (χ0) is 13.3. The maximum atomic E-state index is 6.09. The van der Waals surface area contributed by atoms with Crippen LogP contribution in [0.5, 0.6) is 5.75 Å². The third-order valence-electron chi connectivity index (χ3n) is 4.64. The molecule has 104 valence electrons. The zero-order valence-electron chi connectivity index (χ0n) is 11.7. The summed E-state index contributed by atoms with van der Waals surface area (Å²) in [6.45, 7) is 5.26. The van der Waals surface area contributed by atoms with E-state index in [2.05, 4.69) is 25.1 Å². The van der Waals surface area contributed by atoms with Crippen molar-refractivity contribution in [3.8, 4) is 5.75 Å². The van der Waals surface area contributed by atoms with Crippen LogP contribution in [-0.2, 0) is 10.2 Å². The van der Waals surface area contributed by atoms with Crippen molar-refractivity contribution in [3.05, 3.63) is 29.8 Å². The highest BCUT2D eigenvalue weighted by Crippen LogP contribution is 2.46. The minimum absolute atomic E-state index is 0.160. The quantitative estimate of drug-likeness (QED) is 0.885. The van der Waals surface area contributed by atoms with Crippen LogP contribution in [0.3, 0.4) is 0 Å². The number of nitrogens with two attached hydrogens (primary N) is 1. The van der Waals surface area contributed by atoms with Crippen LogP contribution in [0.1, 0.15) is 31.7 Å². The van der Waals surface area contributed by atoms with Gasteiger partial charge in [-0.15, -0.1) is 0 Å². The Balaban J connectivity index is 1.77. The third kappa shape index (κ3) is 2.26. The summed E-state index contributed by atoms with van der Waals surface area (Å²) in [6.07, 6.45) is 3.64. The molecule has 19 heavy (non-hydrogen) atoms. The second-order valence-electron chi connectivity index (χ2n) is 6.43. The molecule has 3 nitrogen and oxygen atoms in total. The van der Waals surface area contributed by atoms with Crippen LogP contribution in [0, 0.1) is 5.41 Å². The van der Waals surface area contributed by atoms with Gasteiger partial charge in [0.15, 0.2) is 0 Å². The highest BCUT2D eigenvalue weighted by molar-refractivity contribution is 5.41. The average Bonchev–Trinajstić information content (AvgIpc) is 2.35. The summed E-state index contributed by atoms with van der Waals surface area (Å²) < 4.78 is 11.4. The molecule has 0 aromatic heterocycles. The molecule has 1 aliphatic carbocycles. The molecule has 1 saturated carbocycles. The van der Waals surface area contributed by atoms with E-state index in [4.69, 9.17) is 15.2 Å². The van der Waals surface area contributed by atoms with Crippen LogP contribution in [0.15, 0.2) is 24.3 Å². The molecule has 1 heterocycles. The molecule has 2 aliphatic rings. The topological polar surface area (TPSA) is 44.5 Å². The Kier molecular flexibility index (Phi) is 3.27. The van der Waals surface area contributed by atoms with Crippen molar-refractivity contribution in [2.45, 2.75) is 31.6 Å². The SMILES string of the molecule is CC1(COc2ccccc2C2(CN)CCC2)COC1. The first-order chi connectivity index (χ1) is 9.18. The molecule has 0 amide bonds. The van der Waals surface area contributed by atoms with Crippen LogP contribution in [0.2, 0.25) is 0 Å². The maximum Gasteiger partial charge on any atom is 0.123 e. The number of rotatable bonds is 5. The van der Waals surface area contributed by atoms with Gasteiger partial charge in [0.25, 0.3) is 0 Å². The van der Waals surface area contributed by atoms with Crippen LogP contribution < -0.4 is 10.5 Å². The van der Waals surface area contributed by atoms with Crippen molar-refractivity contribution in [2.24, 2.45) is 11.1 Å². The molecule has 0 unspecified atom stereocenters. The maximum absolute atomic E-state index is 6.09. The normalized spacial score (nSPS) is 23.3. The lowest BCUT2D eigenvalue weighted by atomic mass is 9.64. The van der Waals surface area contributed by atoms with Gasteiger partial charge in [-0.25, -0.2) is 0 Å². The molecule has 1 saturated heterocycles. The molecular formula is C16H23NO2. The summed E-state index contributed by atoms with van der Waals surface area (Å²) in [4.78, 5) is 0. The molecule has 1 aromatic rings. The lowest BCUT2D eigenvalue weighted by Gasteiger charge is -2.43. The van der Waals surface area contributed by atoms with Crippen molar-refractivity contribution in [2.75, 3.05) is 26.4 Å². The third-order valence-corrected chi connectivity index (χ3v) is 4.64. The van der Waals surface area contributed by atoms with Gasteiger partial charge in [-0.3, -0.25) is 0 Å². The average molecular weight is 261 g/mol. The fraction of sp³-hybridized carbons (Fsp3) is 0.625. The van der Waals surface area contributed by atoms with E-state index in [-0.39, 0.29) is 10.8 Å². The van der Waals surface area contributed by atoms with Gasteiger partial charge in [-0.05, 0) is 18.9 Å². The molecule has 2 fully saturated rings. The Morgan fingerprint density at radius 2 is 2.00 bits per heavy atom. The minimum Gasteiger partial charge on any atom is -0.493 e. The van der Waals surface area contributed by atoms with E-state index in [9.17, 15) is 0 Å². The highest BCUT2D eigenvalue weighted by Gasteiger charge is 2.40. The summed E-state index contributed by atoms with van der Waals surface area (Å²) >= 11 is 0. The van der Waals surface area contributed by atoms with Gasteiger partial charge >= 0.3 is 0 Å². The van der Waals surface area contributed by atoms with Crippen molar-refractivity contribution in [1.29, 1.82) is 0 Å². The Bertz CT molecular complexity index is 444. The lowest BCUT2D eigenvalue weighted by molar-refractivity contribution is -0.120. The predicted molar refractivity (Wildman–Crippen MR) is 75.4 cm³/mol. The first kappa shape index (κ1) is 12.9. The fourth-order valence-corrected chi connectivity index (χ4v) is 3.00. The molecule has 3 rings (SSSR count). The van der Waals surface area contributed by atoms with Gasteiger partial charge in [0.2, 0.25) is 0 Å². The first-order valence-corrected chi connectivity index (χ1v) is 7.18. The summed E-state index contributed by atoms with van der Waals surface area (Å²) in [7, 11) is 0. The lowest BCUT2D eigenvalue weighted by Crippen LogP contribution is -2.45. The van der Waals surface area contributed by atoms with Crippen molar-refractivity contribution in [3.63, 3.8) is 0 Å². The standard InChI is InChI=1S/C16H23NO2/c1-15(10-18-11-15)12-19-14-6-3-2-5-13(14)16(9-17)7-4-8-16/h2-3,5-6H,4,7-12,17H2,1H3. The molecule has 3 heteroatoms. The molecule has 1 aromatic carbocycles. The van der Waals surface area contributed by atoms with Crippen LogP contribution in [0.25, 0.3) is 0 Å². The number of hydrogen-bond acceptors (Lipinski definition) is 3. The molecule has 0 spiro atoms. The van der Waals surface area contributed by atoms with Crippen LogP contribution in [-0.4, -0.2) is 26.4 Å². The van der Waals surface area contributed by atoms with Crippen LogP contribution in [0.4, 0.5) is 0 Å². The zero-order valence-corrected chi connectivity index (χ0v) is 11.7. The first-order valence-electron chi connectivity index (χ1n) is 7.18. The van der Waals surface area contributed by atoms with Gasteiger partial charge in [0, 0.05) is 22.9 Å². The predicted octanol–water partition coefficient (Wildman–Crippen LogP) is 2.48. The molecule has 0 bridgehead atoms. The van der Waals surface area contributed by atoms with Crippen molar-refractivity contribution < 1.29 is 9.47 Å².